The summed E-state index contributed by atoms with van der Waals surface area (Å²) in [6, 6.07) is 1.83. The highest BCUT2D eigenvalue weighted by atomic mass is 79.9. The van der Waals surface area contributed by atoms with Crippen LogP contribution < -0.4 is 17.2 Å². The molecule has 6 N–H and O–H groups in total. The minimum Gasteiger partial charge on any atom is -0.370 e. The normalized spacial score (nSPS) is 12.4. The van der Waals surface area contributed by atoms with Crippen LogP contribution in [0.2, 0.25) is 0 Å². The number of aliphatic imine (C=N–C) groups is 2. The van der Waals surface area contributed by atoms with Gasteiger partial charge in [-0.25, -0.2) is 4.99 Å². The van der Waals surface area contributed by atoms with E-state index in [9.17, 15) is 13.2 Å². The SMILES string of the molecule is Cc1c(Br)cc(C(F)(F)F)cc1N=C(N)N=C(N)N. The molecule has 104 valence electrons. The van der Waals surface area contributed by atoms with Gasteiger partial charge < -0.3 is 17.2 Å². The van der Waals surface area contributed by atoms with Gasteiger partial charge in [-0.15, -0.1) is 0 Å². The first-order chi connectivity index (χ1) is 8.61. The Bertz CT molecular complexity index is 547. The maximum absolute atomic E-state index is 12.7. The van der Waals surface area contributed by atoms with Crippen LogP contribution in [0.15, 0.2) is 26.6 Å². The predicted octanol–water partition coefficient (Wildman–Crippen LogP) is 2.00. The van der Waals surface area contributed by atoms with Gasteiger partial charge in [-0.1, -0.05) is 15.9 Å². The predicted molar refractivity (Wildman–Crippen MR) is 71.0 cm³/mol. The molecule has 19 heavy (non-hydrogen) atoms. The van der Waals surface area contributed by atoms with Gasteiger partial charge in [0.05, 0.1) is 11.3 Å². The van der Waals surface area contributed by atoms with E-state index in [0.717, 1.165) is 12.1 Å². The molecule has 0 radical (unpaired) electrons. The second-order valence-electron chi connectivity index (χ2n) is 3.61. The maximum atomic E-state index is 12.7. The first kappa shape index (κ1) is 15.3. The van der Waals surface area contributed by atoms with Crippen LogP contribution in [0, 0.1) is 6.92 Å². The molecule has 0 unspecified atom stereocenters. The molecular formula is C10H11BrF3N5. The average Bonchev–Trinajstić information content (AvgIpc) is 2.21. The average molecular weight is 338 g/mol. The summed E-state index contributed by atoms with van der Waals surface area (Å²) >= 11 is 3.03. The summed E-state index contributed by atoms with van der Waals surface area (Å²) in [4.78, 5) is 7.19. The maximum Gasteiger partial charge on any atom is 0.416 e. The van der Waals surface area contributed by atoms with E-state index in [2.05, 4.69) is 25.9 Å². The number of benzene rings is 1. The lowest BCUT2D eigenvalue weighted by Gasteiger charge is -2.11. The fraction of sp³-hybridized carbons (Fsp3) is 0.200. The molecule has 0 aliphatic rings. The summed E-state index contributed by atoms with van der Waals surface area (Å²) in [7, 11) is 0. The molecule has 0 aliphatic heterocycles. The second kappa shape index (κ2) is 5.47. The minimum absolute atomic E-state index is 0.0317. The molecular weight excluding hydrogens is 327 g/mol. The lowest BCUT2D eigenvalue weighted by atomic mass is 10.1. The van der Waals surface area contributed by atoms with E-state index >= 15 is 0 Å². The molecule has 0 spiro atoms. The Hall–Kier alpha value is -1.77. The number of halogens is 4. The Kier molecular flexibility index (Phi) is 4.40. The molecule has 0 saturated heterocycles. The zero-order chi connectivity index (χ0) is 14.8. The summed E-state index contributed by atoms with van der Waals surface area (Å²) in [5.41, 5.74) is 15.2. The lowest BCUT2D eigenvalue weighted by molar-refractivity contribution is -0.137. The fourth-order valence-corrected chi connectivity index (χ4v) is 1.67. The van der Waals surface area contributed by atoms with E-state index in [4.69, 9.17) is 17.2 Å². The quantitative estimate of drug-likeness (QED) is 0.539. The van der Waals surface area contributed by atoms with E-state index in [1.165, 1.54) is 0 Å². The van der Waals surface area contributed by atoms with Gasteiger partial charge in [-0.05, 0) is 24.6 Å². The van der Waals surface area contributed by atoms with Gasteiger partial charge in [0.15, 0.2) is 5.96 Å². The van der Waals surface area contributed by atoms with E-state index in [-0.39, 0.29) is 22.1 Å². The van der Waals surface area contributed by atoms with Crippen molar-refractivity contribution in [1.82, 2.24) is 0 Å². The first-order valence-electron chi connectivity index (χ1n) is 4.92. The van der Waals surface area contributed by atoms with Crippen LogP contribution in [0.4, 0.5) is 18.9 Å². The Labute approximate surface area is 115 Å². The van der Waals surface area contributed by atoms with Gasteiger partial charge in [0.2, 0.25) is 5.96 Å². The smallest absolute Gasteiger partial charge is 0.370 e. The van der Waals surface area contributed by atoms with E-state index in [1.54, 1.807) is 6.92 Å². The van der Waals surface area contributed by atoms with Crippen molar-refractivity contribution in [2.45, 2.75) is 13.1 Å². The molecule has 0 bridgehead atoms. The van der Waals surface area contributed by atoms with Crippen LogP contribution in [0.5, 0.6) is 0 Å². The third-order valence-electron chi connectivity index (χ3n) is 2.12. The molecule has 0 saturated carbocycles. The van der Waals surface area contributed by atoms with E-state index < -0.39 is 11.7 Å². The van der Waals surface area contributed by atoms with Crippen LogP contribution in [0.1, 0.15) is 11.1 Å². The molecule has 1 aromatic carbocycles. The Morgan fingerprint density at radius 3 is 2.26 bits per heavy atom. The highest BCUT2D eigenvalue weighted by molar-refractivity contribution is 9.10. The molecule has 0 aromatic heterocycles. The summed E-state index contributed by atoms with van der Waals surface area (Å²) in [6.45, 7) is 1.59. The zero-order valence-corrected chi connectivity index (χ0v) is 11.4. The topological polar surface area (TPSA) is 103 Å². The van der Waals surface area contributed by atoms with Crippen molar-refractivity contribution < 1.29 is 13.2 Å². The van der Waals surface area contributed by atoms with Crippen LogP contribution >= 0.6 is 15.9 Å². The summed E-state index contributed by atoms with van der Waals surface area (Å²) in [5, 5.41) is 0. The van der Waals surface area contributed by atoms with Gasteiger partial charge in [0.25, 0.3) is 0 Å². The van der Waals surface area contributed by atoms with Gasteiger partial charge in [0.1, 0.15) is 0 Å². The van der Waals surface area contributed by atoms with Crippen molar-refractivity contribution >= 4 is 33.5 Å². The minimum atomic E-state index is -4.48. The number of hydrogen-bond acceptors (Lipinski definition) is 1. The van der Waals surface area contributed by atoms with Gasteiger partial charge in [-0.3, -0.25) is 0 Å². The second-order valence-corrected chi connectivity index (χ2v) is 4.46. The summed E-state index contributed by atoms with van der Waals surface area (Å²) in [5.74, 6) is -0.653. The third kappa shape index (κ3) is 4.12. The Morgan fingerprint density at radius 2 is 1.79 bits per heavy atom. The summed E-state index contributed by atoms with van der Waals surface area (Å²) in [6.07, 6.45) is -4.48. The van der Waals surface area contributed by atoms with E-state index in [0.29, 0.717) is 5.56 Å². The monoisotopic (exact) mass is 337 g/mol. The molecule has 1 rings (SSSR count). The lowest BCUT2D eigenvalue weighted by Crippen LogP contribution is -2.26. The largest absolute Gasteiger partial charge is 0.416 e. The summed E-state index contributed by atoms with van der Waals surface area (Å²) < 4.78 is 38.2. The van der Waals surface area contributed by atoms with Crippen LogP contribution in [0.25, 0.3) is 0 Å². The molecule has 0 atom stereocenters. The van der Waals surface area contributed by atoms with Crippen molar-refractivity contribution in [3.63, 3.8) is 0 Å². The van der Waals surface area contributed by atoms with Crippen molar-refractivity contribution in [2.75, 3.05) is 0 Å². The molecule has 9 heteroatoms. The van der Waals surface area contributed by atoms with Crippen molar-refractivity contribution in [2.24, 2.45) is 27.2 Å². The van der Waals surface area contributed by atoms with Crippen LogP contribution in [0.3, 0.4) is 0 Å². The van der Waals surface area contributed by atoms with E-state index in [1.807, 2.05) is 0 Å². The first-order valence-corrected chi connectivity index (χ1v) is 5.71. The van der Waals surface area contributed by atoms with Crippen LogP contribution in [-0.4, -0.2) is 11.9 Å². The number of rotatable bonds is 1. The number of nitrogens with zero attached hydrogens (tertiary/aromatic N) is 2. The number of alkyl halides is 3. The number of hydrogen-bond donors (Lipinski definition) is 3. The molecule has 0 heterocycles. The van der Waals surface area contributed by atoms with Crippen molar-refractivity contribution in [1.29, 1.82) is 0 Å². The van der Waals surface area contributed by atoms with Crippen molar-refractivity contribution in [3.8, 4) is 0 Å². The standard InChI is InChI=1S/C10H11BrF3N5/c1-4-6(11)2-5(10(12,13)14)3-7(4)18-9(17)19-8(15)16/h2-3H,1H3,(H6,15,16,17,18,19). The fourth-order valence-electron chi connectivity index (χ4n) is 1.22. The third-order valence-corrected chi connectivity index (χ3v) is 2.95. The Morgan fingerprint density at radius 1 is 1.21 bits per heavy atom. The zero-order valence-electron chi connectivity index (χ0n) is 9.79. The molecule has 1 aromatic rings. The highest BCUT2D eigenvalue weighted by Gasteiger charge is 2.31. The van der Waals surface area contributed by atoms with Crippen molar-refractivity contribution in [3.05, 3.63) is 27.7 Å². The molecule has 0 fully saturated rings. The molecule has 5 nitrogen and oxygen atoms in total. The van der Waals surface area contributed by atoms with Crippen LogP contribution in [-0.2, 0) is 6.18 Å². The van der Waals surface area contributed by atoms with Gasteiger partial charge >= 0.3 is 6.18 Å². The highest BCUT2D eigenvalue weighted by Crippen LogP contribution is 2.36. The van der Waals surface area contributed by atoms with Gasteiger partial charge in [-0.2, -0.15) is 18.2 Å². The molecule has 0 amide bonds. The Balaban J connectivity index is 3.36. The molecule has 0 aliphatic carbocycles. The number of guanidine groups is 2. The number of nitrogens with two attached hydrogens (primary N) is 3. The van der Waals surface area contributed by atoms with Gasteiger partial charge in [0, 0.05) is 4.47 Å².